The third kappa shape index (κ3) is 1.92. The Bertz CT molecular complexity index is 407. The molecule has 2 heterocycles. The average molecular weight is 249 g/mol. The highest BCUT2D eigenvalue weighted by Gasteiger charge is 2.38. The van der Waals surface area contributed by atoms with Crippen molar-refractivity contribution in [3.8, 4) is 0 Å². The number of nitrogens with zero attached hydrogens (tertiary/aromatic N) is 2. The minimum atomic E-state index is -0.0522. The molecule has 2 aliphatic heterocycles. The van der Waals surface area contributed by atoms with E-state index in [1.807, 2.05) is 22.0 Å². The summed E-state index contributed by atoms with van der Waals surface area (Å²) in [5.74, 6) is 0.372. The van der Waals surface area contributed by atoms with Crippen molar-refractivity contribution in [2.45, 2.75) is 31.3 Å². The molecule has 98 valence electrons. The molecule has 0 aromatic heterocycles. The van der Waals surface area contributed by atoms with E-state index in [1.165, 1.54) is 0 Å². The number of nitrogens with two attached hydrogens (primary N) is 1. The summed E-state index contributed by atoms with van der Waals surface area (Å²) in [6, 6.07) is 0.266. The van der Waals surface area contributed by atoms with Gasteiger partial charge in [0, 0.05) is 38.1 Å². The molecule has 3 rings (SSSR count). The van der Waals surface area contributed by atoms with E-state index in [2.05, 4.69) is 0 Å². The highest BCUT2D eigenvalue weighted by molar-refractivity contribution is 5.83. The minimum absolute atomic E-state index is 0.0216. The standard InChI is InChI=1S/C13H19N3O2/c14-10-2-1-9(7-10)13(18)15-5-6-16-11(8-15)3-4-12(16)17/h1-2,9-11H,3-8,14H2. The largest absolute Gasteiger partial charge is 0.338 e. The number of hydrogen-bond donors (Lipinski definition) is 1. The van der Waals surface area contributed by atoms with Crippen molar-refractivity contribution >= 4 is 11.8 Å². The minimum Gasteiger partial charge on any atom is -0.338 e. The molecule has 0 radical (unpaired) electrons. The molecular formula is C13H19N3O2. The first kappa shape index (κ1) is 11.7. The first-order chi connectivity index (χ1) is 8.65. The first-order valence-corrected chi connectivity index (χ1v) is 6.67. The van der Waals surface area contributed by atoms with Crippen LogP contribution in [0.2, 0.25) is 0 Å². The lowest BCUT2D eigenvalue weighted by Crippen LogP contribution is -2.54. The zero-order chi connectivity index (χ0) is 12.7. The van der Waals surface area contributed by atoms with Crippen LogP contribution in [0.4, 0.5) is 0 Å². The molecule has 0 saturated carbocycles. The van der Waals surface area contributed by atoms with Crippen molar-refractivity contribution < 1.29 is 9.59 Å². The Morgan fingerprint density at radius 3 is 2.89 bits per heavy atom. The summed E-state index contributed by atoms with van der Waals surface area (Å²) in [6.45, 7) is 2.06. The van der Waals surface area contributed by atoms with E-state index in [-0.39, 0.29) is 29.8 Å². The maximum atomic E-state index is 12.3. The number of hydrogen-bond acceptors (Lipinski definition) is 3. The lowest BCUT2D eigenvalue weighted by atomic mass is 10.0. The molecule has 18 heavy (non-hydrogen) atoms. The summed E-state index contributed by atoms with van der Waals surface area (Å²) in [5, 5.41) is 0. The topological polar surface area (TPSA) is 66.6 Å². The second kappa shape index (κ2) is 4.39. The third-order valence-corrected chi connectivity index (χ3v) is 4.24. The van der Waals surface area contributed by atoms with Gasteiger partial charge in [0.2, 0.25) is 11.8 Å². The Hall–Kier alpha value is -1.36. The van der Waals surface area contributed by atoms with Crippen LogP contribution in [-0.2, 0) is 9.59 Å². The third-order valence-electron chi connectivity index (χ3n) is 4.24. The molecule has 2 amide bonds. The fraction of sp³-hybridized carbons (Fsp3) is 0.692. The summed E-state index contributed by atoms with van der Waals surface area (Å²) in [4.78, 5) is 27.8. The Morgan fingerprint density at radius 1 is 1.33 bits per heavy atom. The van der Waals surface area contributed by atoms with E-state index in [4.69, 9.17) is 5.73 Å². The molecule has 0 spiro atoms. The number of piperazine rings is 1. The van der Waals surface area contributed by atoms with Gasteiger partial charge in [-0.15, -0.1) is 0 Å². The molecule has 0 bridgehead atoms. The maximum absolute atomic E-state index is 12.3. The predicted octanol–water partition coefficient (Wildman–Crippen LogP) is -0.277. The highest BCUT2D eigenvalue weighted by Crippen LogP contribution is 2.25. The molecule has 3 unspecified atom stereocenters. The van der Waals surface area contributed by atoms with Crippen molar-refractivity contribution in [2.24, 2.45) is 11.7 Å². The monoisotopic (exact) mass is 249 g/mol. The maximum Gasteiger partial charge on any atom is 0.229 e. The number of rotatable bonds is 1. The Balaban J connectivity index is 1.63. The van der Waals surface area contributed by atoms with Crippen LogP contribution in [0.15, 0.2) is 12.2 Å². The quantitative estimate of drug-likeness (QED) is 0.650. The number of carbonyl (C=O) groups is 2. The molecule has 1 aliphatic carbocycles. The van der Waals surface area contributed by atoms with E-state index in [9.17, 15) is 9.59 Å². The predicted molar refractivity (Wildman–Crippen MR) is 66.5 cm³/mol. The lowest BCUT2D eigenvalue weighted by Gasteiger charge is -2.38. The first-order valence-electron chi connectivity index (χ1n) is 6.67. The number of amides is 2. The molecule has 2 saturated heterocycles. The molecule has 0 aromatic carbocycles. The van der Waals surface area contributed by atoms with Gasteiger partial charge in [-0.3, -0.25) is 9.59 Å². The van der Waals surface area contributed by atoms with Crippen molar-refractivity contribution in [3.63, 3.8) is 0 Å². The zero-order valence-electron chi connectivity index (χ0n) is 10.4. The Labute approximate surface area is 107 Å². The van der Waals surface area contributed by atoms with E-state index < -0.39 is 0 Å². The van der Waals surface area contributed by atoms with Gasteiger partial charge in [-0.25, -0.2) is 0 Å². The molecule has 2 N–H and O–H groups in total. The Morgan fingerprint density at radius 2 is 2.17 bits per heavy atom. The van der Waals surface area contributed by atoms with Crippen LogP contribution in [0.25, 0.3) is 0 Å². The van der Waals surface area contributed by atoms with E-state index in [0.29, 0.717) is 26.1 Å². The van der Waals surface area contributed by atoms with Crippen LogP contribution in [0.5, 0.6) is 0 Å². The molecule has 2 fully saturated rings. The smallest absolute Gasteiger partial charge is 0.229 e. The van der Waals surface area contributed by atoms with Gasteiger partial charge in [0.15, 0.2) is 0 Å². The van der Waals surface area contributed by atoms with Gasteiger partial charge in [0.25, 0.3) is 0 Å². The van der Waals surface area contributed by atoms with Crippen molar-refractivity contribution in [3.05, 3.63) is 12.2 Å². The summed E-state index contributed by atoms with van der Waals surface area (Å²) in [5.41, 5.74) is 5.79. The van der Waals surface area contributed by atoms with Crippen LogP contribution in [0.3, 0.4) is 0 Å². The lowest BCUT2D eigenvalue weighted by molar-refractivity contribution is -0.140. The molecule has 5 nitrogen and oxygen atoms in total. The van der Waals surface area contributed by atoms with Crippen molar-refractivity contribution in [1.82, 2.24) is 9.80 Å². The fourth-order valence-electron chi connectivity index (χ4n) is 3.21. The van der Waals surface area contributed by atoms with Gasteiger partial charge >= 0.3 is 0 Å². The van der Waals surface area contributed by atoms with Gasteiger partial charge in [-0.05, 0) is 12.8 Å². The second-order valence-corrected chi connectivity index (χ2v) is 5.45. The van der Waals surface area contributed by atoms with Gasteiger partial charge in [-0.1, -0.05) is 12.2 Å². The van der Waals surface area contributed by atoms with Crippen molar-refractivity contribution in [2.75, 3.05) is 19.6 Å². The number of fused-ring (bicyclic) bond motifs is 1. The van der Waals surface area contributed by atoms with E-state index >= 15 is 0 Å². The van der Waals surface area contributed by atoms with Gasteiger partial charge < -0.3 is 15.5 Å². The van der Waals surface area contributed by atoms with Gasteiger partial charge in [-0.2, -0.15) is 0 Å². The molecule has 0 aromatic rings. The molecule has 5 heteroatoms. The van der Waals surface area contributed by atoms with Gasteiger partial charge in [0.1, 0.15) is 0 Å². The van der Waals surface area contributed by atoms with Crippen LogP contribution >= 0.6 is 0 Å². The Kier molecular flexibility index (Phi) is 2.86. The van der Waals surface area contributed by atoms with Crippen LogP contribution in [0.1, 0.15) is 19.3 Å². The normalized spacial score (nSPS) is 35.2. The average Bonchev–Trinajstić information content (AvgIpc) is 2.95. The summed E-state index contributed by atoms with van der Waals surface area (Å²) >= 11 is 0. The van der Waals surface area contributed by atoms with Crippen LogP contribution in [-0.4, -0.2) is 53.3 Å². The van der Waals surface area contributed by atoms with Crippen molar-refractivity contribution in [1.29, 1.82) is 0 Å². The van der Waals surface area contributed by atoms with Crippen LogP contribution in [0, 0.1) is 5.92 Å². The van der Waals surface area contributed by atoms with E-state index in [0.717, 1.165) is 12.8 Å². The van der Waals surface area contributed by atoms with E-state index in [1.54, 1.807) is 0 Å². The molecule has 3 aliphatic rings. The number of carbonyl (C=O) groups excluding carboxylic acids is 2. The molecule has 3 atom stereocenters. The summed E-state index contributed by atoms with van der Waals surface area (Å²) in [6.07, 6.45) is 6.10. The summed E-state index contributed by atoms with van der Waals surface area (Å²) in [7, 11) is 0. The van der Waals surface area contributed by atoms with Crippen LogP contribution < -0.4 is 5.73 Å². The fourth-order valence-corrected chi connectivity index (χ4v) is 3.21. The summed E-state index contributed by atoms with van der Waals surface area (Å²) < 4.78 is 0. The van der Waals surface area contributed by atoms with Gasteiger partial charge in [0.05, 0.1) is 5.92 Å². The molecular weight excluding hydrogens is 230 g/mol. The SMILES string of the molecule is NC1C=CC(C(=O)N2CCN3C(=O)CCC3C2)C1. The second-order valence-electron chi connectivity index (χ2n) is 5.45. The highest BCUT2D eigenvalue weighted by atomic mass is 16.2. The zero-order valence-corrected chi connectivity index (χ0v) is 10.4.